The number of hydrogen-bond donors (Lipinski definition) is 2. The van der Waals surface area contributed by atoms with Gasteiger partial charge in [-0.3, -0.25) is 4.99 Å². The van der Waals surface area contributed by atoms with Crippen molar-refractivity contribution in [2.24, 2.45) is 16.3 Å². The molecule has 0 aromatic heterocycles. The first-order chi connectivity index (χ1) is 12.8. The van der Waals surface area contributed by atoms with Crippen LogP contribution in [0, 0.1) is 11.3 Å². The molecule has 2 aliphatic rings. The standard InChI is InChI=1S/C20H39N3O3.HI/c1-3-21-19(22-11-6-12-25-15-18-7-13-26-16-18)23-17-20(10-14-24-2)8-4-5-9-20;/h18H,3-17H2,1-2H3,(H2,21,22,23);1H. The molecule has 1 aliphatic carbocycles. The predicted octanol–water partition coefficient (Wildman–Crippen LogP) is 3.20. The summed E-state index contributed by atoms with van der Waals surface area (Å²) in [4.78, 5) is 4.88. The zero-order valence-corrected chi connectivity index (χ0v) is 19.6. The zero-order chi connectivity index (χ0) is 18.5. The van der Waals surface area contributed by atoms with E-state index in [1.54, 1.807) is 7.11 Å². The van der Waals surface area contributed by atoms with Crippen molar-refractivity contribution in [1.29, 1.82) is 0 Å². The minimum Gasteiger partial charge on any atom is -0.385 e. The summed E-state index contributed by atoms with van der Waals surface area (Å²) in [6, 6.07) is 0. The smallest absolute Gasteiger partial charge is 0.191 e. The summed E-state index contributed by atoms with van der Waals surface area (Å²) in [5, 5.41) is 6.82. The molecule has 7 heteroatoms. The number of halogens is 1. The molecule has 160 valence electrons. The van der Waals surface area contributed by atoms with Crippen molar-refractivity contribution in [2.45, 2.75) is 51.9 Å². The molecule has 1 unspecified atom stereocenters. The number of ether oxygens (including phenoxy) is 3. The quantitative estimate of drug-likeness (QED) is 0.188. The Balaban J connectivity index is 0.00000364. The first kappa shape index (κ1) is 24.9. The Morgan fingerprint density at radius 3 is 2.70 bits per heavy atom. The lowest BCUT2D eigenvalue weighted by atomic mass is 9.83. The number of methoxy groups -OCH3 is 1. The maximum absolute atomic E-state index is 5.77. The second kappa shape index (κ2) is 14.8. The van der Waals surface area contributed by atoms with Crippen LogP contribution in [-0.2, 0) is 14.2 Å². The summed E-state index contributed by atoms with van der Waals surface area (Å²) in [5.74, 6) is 1.52. The van der Waals surface area contributed by atoms with Gasteiger partial charge in [0.05, 0.1) is 13.2 Å². The van der Waals surface area contributed by atoms with E-state index >= 15 is 0 Å². The molecule has 27 heavy (non-hydrogen) atoms. The molecule has 2 fully saturated rings. The third kappa shape index (κ3) is 9.76. The average Bonchev–Trinajstić information content (AvgIpc) is 3.33. The van der Waals surface area contributed by atoms with Crippen LogP contribution in [0.1, 0.15) is 51.9 Å². The lowest BCUT2D eigenvalue weighted by molar-refractivity contribution is 0.0888. The van der Waals surface area contributed by atoms with E-state index in [1.807, 2.05) is 0 Å². The van der Waals surface area contributed by atoms with Gasteiger partial charge in [-0.15, -0.1) is 24.0 Å². The molecule has 1 aliphatic heterocycles. The fraction of sp³-hybridized carbons (Fsp3) is 0.950. The van der Waals surface area contributed by atoms with E-state index in [0.717, 1.165) is 77.9 Å². The van der Waals surface area contributed by atoms with Gasteiger partial charge in [0, 0.05) is 52.5 Å². The SMILES string of the molecule is CCNC(=NCC1(CCOC)CCCC1)NCCCOCC1CCOC1.I. The molecule has 0 aromatic carbocycles. The van der Waals surface area contributed by atoms with Crippen LogP contribution >= 0.6 is 24.0 Å². The molecule has 1 saturated heterocycles. The summed E-state index contributed by atoms with van der Waals surface area (Å²) in [6.45, 7) is 8.99. The number of guanidine groups is 1. The van der Waals surface area contributed by atoms with Crippen molar-refractivity contribution < 1.29 is 14.2 Å². The van der Waals surface area contributed by atoms with Crippen molar-refractivity contribution in [2.75, 3.05) is 59.8 Å². The van der Waals surface area contributed by atoms with Gasteiger partial charge in [0.2, 0.25) is 0 Å². The fourth-order valence-corrected chi connectivity index (χ4v) is 3.87. The first-order valence-corrected chi connectivity index (χ1v) is 10.4. The third-order valence-corrected chi connectivity index (χ3v) is 5.55. The number of nitrogens with zero attached hydrogens (tertiary/aromatic N) is 1. The van der Waals surface area contributed by atoms with Crippen molar-refractivity contribution in [3.8, 4) is 0 Å². The Hall–Kier alpha value is -0.120. The van der Waals surface area contributed by atoms with Crippen molar-refractivity contribution in [3.05, 3.63) is 0 Å². The molecule has 0 aromatic rings. The molecule has 2 rings (SSSR count). The minimum atomic E-state index is 0. The van der Waals surface area contributed by atoms with Crippen LogP contribution in [0.25, 0.3) is 0 Å². The average molecular weight is 497 g/mol. The van der Waals surface area contributed by atoms with Crippen LogP contribution in [0.3, 0.4) is 0 Å². The van der Waals surface area contributed by atoms with Crippen LogP contribution in [0.15, 0.2) is 4.99 Å². The maximum Gasteiger partial charge on any atom is 0.191 e. The Morgan fingerprint density at radius 2 is 2.04 bits per heavy atom. The minimum absolute atomic E-state index is 0. The van der Waals surface area contributed by atoms with Gasteiger partial charge < -0.3 is 24.8 Å². The topological polar surface area (TPSA) is 64.1 Å². The molecule has 1 saturated carbocycles. The molecule has 6 nitrogen and oxygen atoms in total. The van der Waals surface area contributed by atoms with Crippen LogP contribution in [0.2, 0.25) is 0 Å². The van der Waals surface area contributed by atoms with Crippen LogP contribution in [0.4, 0.5) is 0 Å². The van der Waals surface area contributed by atoms with Gasteiger partial charge in [-0.05, 0) is 44.4 Å². The summed E-state index contributed by atoms with van der Waals surface area (Å²) in [5.41, 5.74) is 0.338. The van der Waals surface area contributed by atoms with Gasteiger partial charge in [0.15, 0.2) is 5.96 Å². The highest BCUT2D eigenvalue weighted by Crippen LogP contribution is 2.41. The summed E-state index contributed by atoms with van der Waals surface area (Å²) < 4.78 is 16.5. The molecule has 0 amide bonds. The second-order valence-corrected chi connectivity index (χ2v) is 7.73. The first-order valence-electron chi connectivity index (χ1n) is 10.4. The van der Waals surface area contributed by atoms with E-state index in [-0.39, 0.29) is 24.0 Å². The van der Waals surface area contributed by atoms with Crippen molar-refractivity contribution >= 4 is 29.9 Å². The Labute approximate surface area is 182 Å². The molecule has 0 spiro atoms. The normalized spacial score (nSPS) is 21.9. The third-order valence-electron chi connectivity index (χ3n) is 5.55. The van der Waals surface area contributed by atoms with Gasteiger partial charge in [0.25, 0.3) is 0 Å². The van der Waals surface area contributed by atoms with Crippen LogP contribution < -0.4 is 10.6 Å². The van der Waals surface area contributed by atoms with Gasteiger partial charge in [-0.2, -0.15) is 0 Å². The summed E-state index contributed by atoms with van der Waals surface area (Å²) in [7, 11) is 1.79. The summed E-state index contributed by atoms with van der Waals surface area (Å²) >= 11 is 0. The number of rotatable bonds is 12. The molecule has 1 heterocycles. The van der Waals surface area contributed by atoms with E-state index in [0.29, 0.717) is 11.3 Å². The van der Waals surface area contributed by atoms with Gasteiger partial charge in [0.1, 0.15) is 0 Å². The lowest BCUT2D eigenvalue weighted by Gasteiger charge is -2.27. The zero-order valence-electron chi connectivity index (χ0n) is 17.3. The highest BCUT2D eigenvalue weighted by Gasteiger charge is 2.33. The van der Waals surface area contributed by atoms with Crippen LogP contribution in [-0.4, -0.2) is 65.7 Å². The second-order valence-electron chi connectivity index (χ2n) is 7.73. The molecular weight excluding hydrogens is 457 g/mol. The maximum atomic E-state index is 5.77. The fourth-order valence-electron chi connectivity index (χ4n) is 3.87. The van der Waals surface area contributed by atoms with Gasteiger partial charge >= 0.3 is 0 Å². The molecule has 2 N–H and O–H groups in total. The highest BCUT2D eigenvalue weighted by molar-refractivity contribution is 14.0. The van der Waals surface area contributed by atoms with Crippen molar-refractivity contribution in [3.63, 3.8) is 0 Å². The van der Waals surface area contributed by atoms with E-state index < -0.39 is 0 Å². The highest BCUT2D eigenvalue weighted by atomic mass is 127. The lowest BCUT2D eigenvalue weighted by Crippen LogP contribution is -2.39. The van der Waals surface area contributed by atoms with E-state index in [1.165, 1.54) is 25.7 Å². The monoisotopic (exact) mass is 497 g/mol. The number of hydrogen-bond acceptors (Lipinski definition) is 4. The Morgan fingerprint density at radius 1 is 1.22 bits per heavy atom. The molecule has 1 atom stereocenters. The Bertz CT molecular complexity index is 398. The predicted molar refractivity (Wildman–Crippen MR) is 121 cm³/mol. The molecule has 0 radical (unpaired) electrons. The van der Waals surface area contributed by atoms with E-state index in [9.17, 15) is 0 Å². The largest absolute Gasteiger partial charge is 0.385 e. The molecule has 0 bridgehead atoms. The molecular formula is C20H40IN3O3. The number of nitrogens with one attached hydrogen (secondary N) is 2. The number of aliphatic imine (C=N–C) groups is 1. The van der Waals surface area contributed by atoms with E-state index in [2.05, 4.69) is 17.6 Å². The van der Waals surface area contributed by atoms with Crippen molar-refractivity contribution in [1.82, 2.24) is 10.6 Å². The van der Waals surface area contributed by atoms with E-state index in [4.69, 9.17) is 19.2 Å². The van der Waals surface area contributed by atoms with Gasteiger partial charge in [-0.1, -0.05) is 12.8 Å². The Kier molecular flexibility index (Phi) is 13.7. The van der Waals surface area contributed by atoms with Gasteiger partial charge in [-0.25, -0.2) is 0 Å². The van der Waals surface area contributed by atoms with Crippen LogP contribution in [0.5, 0.6) is 0 Å². The summed E-state index contributed by atoms with van der Waals surface area (Å²) in [6.07, 6.45) is 8.45.